The molecule has 2 aliphatic rings. The van der Waals surface area contributed by atoms with Crippen LogP contribution in [0.2, 0.25) is 0 Å². The third kappa shape index (κ3) is 1.98. The Morgan fingerprint density at radius 3 is 2.60 bits per heavy atom. The van der Waals surface area contributed by atoms with Crippen molar-refractivity contribution in [1.29, 1.82) is 0 Å². The molecule has 0 aromatic heterocycles. The van der Waals surface area contributed by atoms with Crippen molar-refractivity contribution in [3.05, 3.63) is 0 Å². The number of nitrogens with zero attached hydrogens (tertiary/aromatic N) is 1. The van der Waals surface area contributed by atoms with Crippen molar-refractivity contribution in [2.75, 3.05) is 6.54 Å². The Kier molecular flexibility index (Phi) is 2.24. The number of Topliss-reactive ketones (excluding diaryl/α,β-unsaturated/α-hetero) is 1. The van der Waals surface area contributed by atoms with E-state index < -0.39 is 5.60 Å². The van der Waals surface area contributed by atoms with Gasteiger partial charge in [0.05, 0.1) is 0 Å². The summed E-state index contributed by atoms with van der Waals surface area (Å²) < 4.78 is 5.26. The molecule has 2 fully saturated rings. The van der Waals surface area contributed by atoms with Crippen LogP contribution < -0.4 is 0 Å². The molecular weight excluding hydrogens is 194 g/mol. The van der Waals surface area contributed by atoms with Gasteiger partial charge in [0.25, 0.3) is 0 Å². The predicted octanol–water partition coefficient (Wildman–Crippen LogP) is 1.58. The van der Waals surface area contributed by atoms with Gasteiger partial charge in [-0.15, -0.1) is 0 Å². The van der Waals surface area contributed by atoms with Crippen LogP contribution in [0, 0.1) is 5.92 Å². The number of fused-ring (bicyclic) bond motifs is 1. The maximum atomic E-state index is 11.7. The molecular formula is C11H17NO3. The van der Waals surface area contributed by atoms with Crippen molar-refractivity contribution in [3.63, 3.8) is 0 Å². The van der Waals surface area contributed by atoms with Crippen LogP contribution in [0.25, 0.3) is 0 Å². The van der Waals surface area contributed by atoms with Gasteiger partial charge in [0, 0.05) is 31.3 Å². The molecule has 4 heteroatoms. The Bertz CT molecular complexity index is 305. The minimum Gasteiger partial charge on any atom is -0.444 e. The summed E-state index contributed by atoms with van der Waals surface area (Å²) in [5, 5.41) is 0. The number of hydrogen-bond acceptors (Lipinski definition) is 3. The predicted molar refractivity (Wildman–Crippen MR) is 54.5 cm³/mol. The van der Waals surface area contributed by atoms with Gasteiger partial charge in [0.2, 0.25) is 0 Å². The second-order valence-electron chi connectivity index (χ2n) is 5.41. The number of hydrogen-bond donors (Lipinski definition) is 0. The first-order valence-electron chi connectivity index (χ1n) is 5.38. The molecule has 0 aromatic carbocycles. The smallest absolute Gasteiger partial charge is 0.410 e. The number of likely N-dealkylation sites (tertiary alicyclic amines) is 1. The molecule has 2 rings (SSSR count). The summed E-state index contributed by atoms with van der Waals surface area (Å²) in [4.78, 5) is 24.5. The fourth-order valence-corrected chi connectivity index (χ4v) is 2.24. The maximum Gasteiger partial charge on any atom is 0.410 e. The largest absolute Gasteiger partial charge is 0.444 e. The minimum atomic E-state index is -0.454. The molecule has 0 bridgehead atoms. The molecule has 0 aromatic rings. The van der Waals surface area contributed by atoms with Crippen molar-refractivity contribution in [2.45, 2.75) is 45.3 Å². The highest BCUT2D eigenvalue weighted by Crippen LogP contribution is 2.37. The van der Waals surface area contributed by atoms with Crippen LogP contribution in [0.3, 0.4) is 0 Å². The van der Waals surface area contributed by atoms with Crippen molar-refractivity contribution in [2.24, 2.45) is 5.92 Å². The number of ether oxygens (including phenoxy) is 1. The first-order valence-corrected chi connectivity index (χ1v) is 5.38. The fraction of sp³-hybridized carbons (Fsp3) is 0.818. The average molecular weight is 211 g/mol. The van der Waals surface area contributed by atoms with E-state index in [1.165, 1.54) is 0 Å². The van der Waals surface area contributed by atoms with Crippen LogP contribution in [0.4, 0.5) is 4.79 Å². The van der Waals surface area contributed by atoms with Crippen molar-refractivity contribution in [1.82, 2.24) is 4.90 Å². The summed E-state index contributed by atoms with van der Waals surface area (Å²) in [6.07, 6.45) is 0.881. The Morgan fingerprint density at radius 1 is 1.40 bits per heavy atom. The van der Waals surface area contributed by atoms with E-state index >= 15 is 0 Å². The number of ketones is 1. The number of carbonyl (C=O) groups excluding carboxylic acids is 2. The quantitative estimate of drug-likeness (QED) is 0.611. The number of rotatable bonds is 0. The molecule has 1 saturated carbocycles. The lowest BCUT2D eigenvalue weighted by Gasteiger charge is -2.43. The normalized spacial score (nSPS) is 29.8. The van der Waals surface area contributed by atoms with Gasteiger partial charge in [-0.05, 0) is 20.8 Å². The van der Waals surface area contributed by atoms with Crippen molar-refractivity contribution < 1.29 is 14.3 Å². The van der Waals surface area contributed by atoms with Crippen LogP contribution in [0.15, 0.2) is 0 Å². The van der Waals surface area contributed by atoms with E-state index in [1.54, 1.807) is 4.90 Å². The lowest BCUT2D eigenvalue weighted by atomic mass is 9.93. The zero-order valence-corrected chi connectivity index (χ0v) is 9.45. The topological polar surface area (TPSA) is 46.6 Å². The lowest BCUT2D eigenvalue weighted by Crippen LogP contribution is -2.57. The van der Waals surface area contributed by atoms with Crippen LogP contribution in [0.5, 0.6) is 0 Å². The molecule has 15 heavy (non-hydrogen) atoms. The van der Waals surface area contributed by atoms with E-state index in [-0.39, 0.29) is 17.9 Å². The third-order valence-electron chi connectivity index (χ3n) is 2.93. The van der Waals surface area contributed by atoms with Gasteiger partial charge < -0.3 is 9.64 Å². The highest BCUT2D eigenvalue weighted by Gasteiger charge is 2.49. The standard InChI is InChI=1S/C11H17NO3/c1-11(2,3)15-10(14)12-6-7-4-8(13)5-9(7)12/h7,9H,4-6H2,1-3H3/t7-,9-/m1/s1. The van der Waals surface area contributed by atoms with Crippen LogP contribution >= 0.6 is 0 Å². The number of carbonyl (C=O) groups is 2. The van der Waals surface area contributed by atoms with E-state index in [1.807, 2.05) is 20.8 Å². The van der Waals surface area contributed by atoms with Crippen molar-refractivity contribution in [3.8, 4) is 0 Å². The molecule has 84 valence electrons. The van der Waals surface area contributed by atoms with E-state index in [0.29, 0.717) is 25.3 Å². The lowest BCUT2D eigenvalue weighted by molar-refractivity contribution is -0.117. The Labute approximate surface area is 89.6 Å². The molecule has 1 aliphatic carbocycles. The fourth-order valence-electron chi connectivity index (χ4n) is 2.24. The molecule has 0 unspecified atom stereocenters. The first kappa shape index (κ1) is 10.5. The maximum absolute atomic E-state index is 11.7. The van der Waals surface area contributed by atoms with E-state index in [0.717, 1.165) is 0 Å². The van der Waals surface area contributed by atoms with E-state index in [2.05, 4.69) is 0 Å². The average Bonchev–Trinajstić information content (AvgIpc) is 2.28. The van der Waals surface area contributed by atoms with Gasteiger partial charge in [0.15, 0.2) is 0 Å². The molecule has 2 atom stereocenters. The van der Waals surface area contributed by atoms with Gasteiger partial charge in [-0.25, -0.2) is 4.79 Å². The highest BCUT2D eigenvalue weighted by molar-refractivity contribution is 5.84. The summed E-state index contributed by atoms with van der Waals surface area (Å²) in [6, 6.07) is 0.118. The molecule has 1 amide bonds. The number of amides is 1. The van der Waals surface area contributed by atoms with Crippen molar-refractivity contribution >= 4 is 11.9 Å². The van der Waals surface area contributed by atoms with Crippen LogP contribution in [-0.4, -0.2) is 35.0 Å². The summed E-state index contributed by atoms with van der Waals surface area (Å²) >= 11 is 0. The first-order chi connectivity index (χ1) is 6.87. The van der Waals surface area contributed by atoms with Gasteiger partial charge in [-0.3, -0.25) is 4.79 Å². The highest BCUT2D eigenvalue weighted by atomic mass is 16.6. The second-order valence-corrected chi connectivity index (χ2v) is 5.41. The molecule has 4 nitrogen and oxygen atoms in total. The van der Waals surface area contributed by atoms with Crippen LogP contribution in [-0.2, 0) is 9.53 Å². The minimum absolute atomic E-state index is 0.118. The van der Waals surface area contributed by atoms with Gasteiger partial charge >= 0.3 is 6.09 Å². The van der Waals surface area contributed by atoms with E-state index in [4.69, 9.17) is 4.74 Å². The summed E-state index contributed by atoms with van der Waals surface area (Å²) in [5.41, 5.74) is -0.454. The molecule has 0 radical (unpaired) electrons. The van der Waals surface area contributed by atoms with Gasteiger partial charge in [-0.1, -0.05) is 0 Å². The Balaban J connectivity index is 1.92. The van der Waals surface area contributed by atoms with Gasteiger partial charge in [-0.2, -0.15) is 0 Å². The third-order valence-corrected chi connectivity index (χ3v) is 2.93. The Hall–Kier alpha value is -1.06. The SMILES string of the molecule is CC(C)(C)OC(=O)N1C[C@H]2CC(=O)C[C@H]21. The molecule has 1 saturated heterocycles. The molecule has 1 heterocycles. The molecule has 0 N–H and O–H groups in total. The molecule has 0 spiro atoms. The Morgan fingerprint density at radius 2 is 2.07 bits per heavy atom. The van der Waals surface area contributed by atoms with E-state index in [9.17, 15) is 9.59 Å². The zero-order chi connectivity index (χ0) is 11.2. The molecule has 1 aliphatic heterocycles. The summed E-state index contributed by atoms with van der Waals surface area (Å²) in [6.45, 7) is 6.23. The second kappa shape index (κ2) is 3.22. The summed E-state index contributed by atoms with van der Waals surface area (Å²) in [7, 11) is 0. The van der Waals surface area contributed by atoms with Gasteiger partial charge in [0.1, 0.15) is 11.4 Å². The zero-order valence-electron chi connectivity index (χ0n) is 9.45. The monoisotopic (exact) mass is 211 g/mol. The van der Waals surface area contributed by atoms with Crippen LogP contribution in [0.1, 0.15) is 33.6 Å². The summed E-state index contributed by atoms with van der Waals surface area (Å²) in [5.74, 6) is 0.668.